The zero-order valence-corrected chi connectivity index (χ0v) is 18.4. The molecular formula is C23H31N3O3S. The third-order valence-electron chi connectivity index (χ3n) is 5.53. The van der Waals surface area contributed by atoms with Gasteiger partial charge in [-0.1, -0.05) is 62.4 Å². The molecule has 1 fully saturated rings. The molecule has 0 saturated carbocycles. The number of benzene rings is 2. The molecule has 1 aliphatic heterocycles. The predicted molar refractivity (Wildman–Crippen MR) is 121 cm³/mol. The van der Waals surface area contributed by atoms with Crippen LogP contribution >= 0.6 is 0 Å². The first kappa shape index (κ1) is 22.3. The summed E-state index contributed by atoms with van der Waals surface area (Å²) in [5.41, 5.74) is 1.90. The Bertz CT molecular complexity index is 903. The Kier molecular flexibility index (Phi) is 7.50. The lowest BCUT2D eigenvalue weighted by Gasteiger charge is -2.34. The number of nitrogens with one attached hydrogen (secondary N) is 2. The van der Waals surface area contributed by atoms with Gasteiger partial charge in [0.2, 0.25) is 5.91 Å². The number of nitrogens with zero attached hydrogens (tertiary/aromatic N) is 1. The van der Waals surface area contributed by atoms with Crippen molar-refractivity contribution >= 4 is 21.4 Å². The molecule has 2 N–H and O–H groups in total. The molecular weight excluding hydrogens is 398 g/mol. The van der Waals surface area contributed by atoms with E-state index in [4.69, 9.17) is 0 Å². The molecule has 2 unspecified atom stereocenters. The van der Waals surface area contributed by atoms with E-state index in [1.54, 1.807) is 0 Å². The summed E-state index contributed by atoms with van der Waals surface area (Å²) in [5, 5.41) is 6.60. The summed E-state index contributed by atoms with van der Waals surface area (Å²) < 4.78 is 23.7. The average molecular weight is 430 g/mol. The normalized spacial score (nSPS) is 18.5. The number of anilines is 1. The monoisotopic (exact) mass is 429 g/mol. The van der Waals surface area contributed by atoms with Crippen LogP contribution in [0.1, 0.15) is 25.5 Å². The van der Waals surface area contributed by atoms with Gasteiger partial charge >= 0.3 is 0 Å². The van der Waals surface area contributed by atoms with Gasteiger partial charge in [-0.3, -0.25) is 9.69 Å². The van der Waals surface area contributed by atoms with Gasteiger partial charge in [0.05, 0.1) is 11.5 Å². The molecule has 0 aliphatic carbocycles. The summed E-state index contributed by atoms with van der Waals surface area (Å²) in [6.45, 7) is 5.46. The summed E-state index contributed by atoms with van der Waals surface area (Å²) >= 11 is 0. The standard InChI is InChI=1S/C23H31N3O3S/c1-18(2)21(25-20-11-7-4-8-12-20)17-24-23(27)22(19-9-5-3-6-10-19)26-13-15-30(28,29)16-14-26/h3-12,18,21-22,25H,13-17H2,1-2H3,(H,24,27). The van der Waals surface area contributed by atoms with E-state index < -0.39 is 15.9 Å². The first-order valence-corrected chi connectivity index (χ1v) is 12.3. The van der Waals surface area contributed by atoms with Crippen molar-refractivity contribution in [2.75, 3.05) is 36.5 Å². The van der Waals surface area contributed by atoms with Crippen molar-refractivity contribution in [3.63, 3.8) is 0 Å². The second-order valence-corrected chi connectivity index (χ2v) is 10.4. The van der Waals surface area contributed by atoms with Crippen molar-refractivity contribution in [2.45, 2.75) is 25.9 Å². The number of para-hydroxylation sites is 1. The Hall–Kier alpha value is -2.38. The van der Waals surface area contributed by atoms with E-state index in [2.05, 4.69) is 24.5 Å². The van der Waals surface area contributed by atoms with Crippen LogP contribution in [0.25, 0.3) is 0 Å². The summed E-state index contributed by atoms with van der Waals surface area (Å²) in [4.78, 5) is 15.2. The van der Waals surface area contributed by atoms with E-state index in [-0.39, 0.29) is 23.5 Å². The minimum absolute atomic E-state index is 0.0782. The van der Waals surface area contributed by atoms with Gasteiger partial charge in [-0.25, -0.2) is 8.42 Å². The maximum atomic E-state index is 13.3. The first-order valence-electron chi connectivity index (χ1n) is 10.4. The molecule has 1 amide bonds. The smallest absolute Gasteiger partial charge is 0.242 e. The molecule has 1 heterocycles. The van der Waals surface area contributed by atoms with Crippen molar-refractivity contribution in [3.05, 3.63) is 66.2 Å². The molecule has 0 spiro atoms. The minimum Gasteiger partial charge on any atom is -0.380 e. The lowest BCUT2D eigenvalue weighted by atomic mass is 10.0. The number of hydrogen-bond acceptors (Lipinski definition) is 5. The van der Waals surface area contributed by atoms with Gasteiger partial charge in [-0.05, 0) is 23.6 Å². The lowest BCUT2D eigenvalue weighted by Crippen LogP contribution is -2.49. The molecule has 2 aromatic carbocycles. The molecule has 0 aromatic heterocycles. The molecule has 1 saturated heterocycles. The highest BCUT2D eigenvalue weighted by atomic mass is 32.2. The molecule has 2 atom stereocenters. The van der Waals surface area contributed by atoms with Gasteiger partial charge in [0.1, 0.15) is 6.04 Å². The van der Waals surface area contributed by atoms with Crippen LogP contribution in [0, 0.1) is 5.92 Å². The highest BCUT2D eigenvalue weighted by Crippen LogP contribution is 2.23. The van der Waals surface area contributed by atoms with Gasteiger partial charge < -0.3 is 10.6 Å². The zero-order chi connectivity index (χ0) is 21.6. The quantitative estimate of drug-likeness (QED) is 0.675. The maximum absolute atomic E-state index is 13.3. The van der Waals surface area contributed by atoms with Crippen LogP contribution in [0.2, 0.25) is 0 Å². The number of hydrogen-bond donors (Lipinski definition) is 2. The maximum Gasteiger partial charge on any atom is 0.242 e. The van der Waals surface area contributed by atoms with Crippen LogP contribution in [0.5, 0.6) is 0 Å². The van der Waals surface area contributed by atoms with Crippen molar-refractivity contribution in [1.29, 1.82) is 0 Å². The molecule has 0 bridgehead atoms. The fraction of sp³-hybridized carbons (Fsp3) is 0.435. The number of sulfone groups is 1. The second kappa shape index (κ2) is 10.1. The zero-order valence-electron chi connectivity index (χ0n) is 17.6. The fourth-order valence-corrected chi connectivity index (χ4v) is 4.89. The Balaban J connectivity index is 1.71. The molecule has 162 valence electrons. The van der Waals surface area contributed by atoms with E-state index in [1.807, 2.05) is 65.6 Å². The van der Waals surface area contributed by atoms with Crippen molar-refractivity contribution in [1.82, 2.24) is 10.2 Å². The van der Waals surface area contributed by atoms with Crippen LogP contribution in [0.4, 0.5) is 5.69 Å². The predicted octanol–water partition coefficient (Wildman–Crippen LogP) is 2.71. The van der Waals surface area contributed by atoms with Gasteiger partial charge in [-0.15, -0.1) is 0 Å². The number of rotatable bonds is 8. The molecule has 3 rings (SSSR count). The highest BCUT2D eigenvalue weighted by Gasteiger charge is 2.32. The number of carbonyl (C=O) groups excluding carboxylic acids is 1. The molecule has 2 aromatic rings. The Morgan fingerprint density at radius 2 is 1.53 bits per heavy atom. The third-order valence-corrected chi connectivity index (χ3v) is 7.14. The topological polar surface area (TPSA) is 78.5 Å². The van der Waals surface area contributed by atoms with Gasteiger partial charge in [0, 0.05) is 31.4 Å². The molecule has 7 heteroatoms. The van der Waals surface area contributed by atoms with Gasteiger partial charge in [0.15, 0.2) is 9.84 Å². The molecule has 6 nitrogen and oxygen atoms in total. The molecule has 0 radical (unpaired) electrons. The van der Waals surface area contributed by atoms with Gasteiger partial charge in [0.25, 0.3) is 0 Å². The van der Waals surface area contributed by atoms with Crippen LogP contribution in [-0.2, 0) is 14.6 Å². The van der Waals surface area contributed by atoms with Crippen LogP contribution in [0.15, 0.2) is 60.7 Å². The largest absolute Gasteiger partial charge is 0.380 e. The summed E-state index contributed by atoms with van der Waals surface area (Å²) in [6.07, 6.45) is 0. The van der Waals surface area contributed by atoms with Crippen LogP contribution in [0.3, 0.4) is 0 Å². The average Bonchev–Trinajstić information content (AvgIpc) is 2.74. The molecule has 30 heavy (non-hydrogen) atoms. The van der Waals surface area contributed by atoms with E-state index in [0.29, 0.717) is 25.6 Å². The van der Waals surface area contributed by atoms with E-state index in [1.165, 1.54) is 0 Å². The highest BCUT2D eigenvalue weighted by molar-refractivity contribution is 7.91. The van der Waals surface area contributed by atoms with Crippen molar-refractivity contribution < 1.29 is 13.2 Å². The first-order chi connectivity index (χ1) is 14.4. The van der Waals surface area contributed by atoms with Crippen molar-refractivity contribution in [3.8, 4) is 0 Å². The minimum atomic E-state index is -3.01. The Morgan fingerprint density at radius 3 is 2.10 bits per heavy atom. The third kappa shape index (κ3) is 6.06. The number of amides is 1. The van der Waals surface area contributed by atoms with E-state index in [9.17, 15) is 13.2 Å². The van der Waals surface area contributed by atoms with E-state index in [0.717, 1.165) is 11.3 Å². The van der Waals surface area contributed by atoms with E-state index >= 15 is 0 Å². The summed E-state index contributed by atoms with van der Waals surface area (Å²) in [6, 6.07) is 19.1. The number of carbonyl (C=O) groups is 1. The summed E-state index contributed by atoms with van der Waals surface area (Å²) in [7, 11) is -3.01. The lowest BCUT2D eigenvalue weighted by molar-refractivity contribution is -0.126. The fourth-order valence-electron chi connectivity index (χ4n) is 3.66. The summed E-state index contributed by atoms with van der Waals surface area (Å²) in [5.74, 6) is 0.406. The SMILES string of the molecule is CC(C)C(CNC(=O)C(c1ccccc1)N1CCS(=O)(=O)CC1)Nc1ccccc1. The second-order valence-electron chi connectivity index (χ2n) is 8.11. The Morgan fingerprint density at radius 1 is 0.967 bits per heavy atom. The molecule has 1 aliphatic rings. The van der Waals surface area contributed by atoms with Crippen LogP contribution < -0.4 is 10.6 Å². The Labute approximate surface area is 179 Å². The van der Waals surface area contributed by atoms with Crippen LogP contribution in [-0.4, -0.2) is 56.4 Å². The van der Waals surface area contributed by atoms with Gasteiger partial charge in [-0.2, -0.15) is 0 Å². The van der Waals surface area contributed by atoms with Crippen molar-refractivity contribution in [2.24, 2.45) is 5.92 Å².